The number of nitrogens with zero attached hydrogens (tertiary/aromatic N) is 1. The molecule has 3 nitrogen and oxygen atoms in total. The summed E-state index contributed by atoms with van der Waals surface area (Å²) in [5, 5.41) is 0. The first-order chi connectivity index (χ1) is 6.47. The van der Waals surface area contributed by atoms with Crippen LogP contribution in [0.4, 0.5) is 0 Å². The SMILES string of the molecule is C[C@@]1(C(=O)N2CCOCC2)CC1(Cl)Cl. The zero-order valence-corrected chi connectivity index (χ0v) is 9.57. The molecule has 1 saturated heterocycles. The van der Waals surface area contributed by atoms with Gasteiger partial charge in [0, 0.05) is 13.1 Å². The lowest BCUT2D eigenvalue weighted by Crippen LogP contribution is -2.45. The number of hydrogen-bond donors (Lipinski definition) is 0. The largest absolute Gasteiger partial charge is 0.378 e. The van der Waals surface area contributed by atoms with Gasteiger partial charge in [-0.25, -0.2) is 0 Å². The predicted molar refractivity (Wildman–Crippen MR) is 54.6 cm³/mol. The zero-order valence-electron chi connectivity index (χ0n) is 8.06. The second-order valence-electron chi connectivity index (χ2n) is 4.12. The van der Waals surface area contributed by atoms with Crippen LogP contribution in [0.1, 0.15) is 13.3 Å². The molecule has 5 heteroatoms. The van der Waals surface area contributed by atoms with Crippen LogP contribution in [0.2, 0.25) is 0 Å². The number of morpholine rings is 1. The maximum Gasteiger partial charge on any atom is 0.231 e. The van der Waals surface area contributed by atoms with Crippen LogP contribution in [-0.4, -0.2) is 41.4 Å². The Kier molecular flexibility index (Phi) is 2.45. The number of rotatable bonds is 1. The third-order valence-corrected chi connectivity index (χ3v) is 4.13. The highest BCUT2D eigenvalue weighted by molar-refractivity contribution is 6.53. The Morgan fingerprint density at radius 3 is 2.29 bits per heavy atom. The van der Waals surface area contributed by atoms with Gasteiger partial charge >= 0.3 is 0 Å². The topological polar surface area (TPSA) is 29.5 Å². The van der Waals surface area contributed by atoms with Gasteiger partial charge in [-0.2, -0.15) is 0 Å². The van der Waals surface area contributed by atoms with Crippen molar-refractivity contribution in [2.24, 2.45) is 5.41 Å². The van der Waals surface area contributed by atoms with Crippen molar-refractivity contribution in [1.82, 2.24) is 4.90 Å². The van der Waals surface area contributed by atoms with Crippen LogP contribution in [0.25, 0.3) is 0 Å². The molecule has 0 spiro atoms. The smallest absolute Gasteiger partial charge is 0.231 e. The summed E-state index contributed by atoms with van der Waals surface area (Å²) in [7, 11) is 0. The van der Waals surface area contributed by atoms with E-state index in [9.17, 15) is 4.79 Å². The number of amides is 1. The highest BCUT2D eigenvalue weighted by atomic mass is 35.5. The molecule has 80 valence electrons. The Labute approximate surface area is 93.3 Å². The first-order valence-electron chi connectivity index (χ1n) is 4.72. The minimum atomic E-state index is -0.859. The van der Waals surface area contributed by atoms with Gasteiger partial charge in [0.25, 0.3) is 0 Å². The quantitative estimate of drug-likeness (QED) is 0.647. The van der Waals surface area contributed by atoms with Gasteiger partial charge in [0.1, 0.15) is 4.33 Å². The summed E-state index contributed by atoms with van der Waals surface area (Å²) in [5.41, 5.74) is -0.576. The second-order valence-corrected chi connectivity index (χ2v) is 5.60. The molecule has 1 heterocycles. The van der Waals surface area contributed by atoms with Crippen LogP contribution in [0.3, 0.4) is 0 Å². The molecule has 1 atom stereocenters. The van der Waals surface area contributed by atoms with E-state index in [0.29, 0.717) is 32.7 Å². The van der Waals surface area contributed by atoms with Gasteiger partial charge in [-0.15, -0.1) is 23.2 Å². The van der Waals surface area contributed by atoms with Crippen LogP contribution in [-0.2, 0) is 9.53 Å². The summed E-state index contributed by atoms with van der Waals surface area (Å²) in [6, 6.07) is 0. The standard InChI is InChI=1S/C9H13Cl2NO2/c1-8(6-9(8,10)11)7(13)12-2-4-14-5-3-12/h2-6H2,1H3/t8-/m0/s1. The van der Waals surface area contributed by atoms with Crippen molar-refractivity contribution >= 4 is 29.1 Å². The monoisotopic (exact) mass is 237 g/mol. The molecule has 1 aliphatic heterocycles. The molecule has 0 bridgehead atoms. The lowest BCUT2D eigenvalue weighted by molar-refractivity contribution is -0.140. The molecule has 0 aromatic heterocycles. The zero-order chi connectivity index (χ0) is 10.4. The number of hydrogen-bond acceptors (Lipinski definition) is 2. The lowest BCUT2D eigenvalue weighted by Gasteiger charge is -2.29. The minimum absolute atomic E-state index is 0.0609. The number of halogens is 2. The van der Waals surface area contributed by atoms with Crippen molar-refractivity contribution in [3.8, 4) is 0 Å². The molecule has 1 amide bonds. The molecular weight excluding hydrogens is 225 g/mol. The van der Waals surface area contributed by atoms with E-state index < -0.39 is 9.75 Å². The molecule has 2 aliphatic rings. The molecule has 0 N–H and O–H groups in total. The third kappa shape index (κ3) is 1.51. The van der Waals surface area contributed by atoms with E-state index in [0.717, 1.165) is 0 Å². The van der Waals surface area contributed by atoms with Gasteiger partial charge in [0.05, 0.1) is 18.6 Å². The van der Waals surface area contributed by atoms with E-state index in [1.165, 1.54) is 0 Å². The first-order valence-corrected chi connectivity index (χ1v) is 5.48. The summed E-state index contributed by atoms with van der Waals surface area (Å²) in [4.78, 5) is 13.8. The number of carbonyl (C=O) groups excluding carboxylic acids is 1. The fourth-order valence-electron chi connectivity index (χ4n) is 1.75. The Morgan fingerprint density at radius 1 is 1.36 bits per heavy atom. The number of carbonyl (C=O) groups is 1. The minimum Gasteiger partial charge on any atom is -0.378 e. The third-order valence-electron chi connectivity index (χ3n) is 3.03. The normalized spacial score (nSPS) is 35.5. The van der Waals surface area contributed by atoms with E-state index in [-0.39, 0.29) is 5.91 Å². The van der Waals surface area contributed by atoms with Crippen LogP contribution in [0.5, 0.6) is 0 Å². The number of alkyl halides is 2. The lowest BCUT2D eigenvalue weighted by atomic mass is 10.1. The van der Waals surface area contributed by atoms with Crippen molar-refractivity contribution in [3.63, 3.8) is 0 Å². The Morgan fingerprint density at radius 2 is 1.86 bits per heavy atom. The molecule has 14 heavy (non-hydrogen) atoms. The molecule has 0 aromatic carbocycles. The first kappa shape index (κ1) is 10.5. The van der Waals surface area contributed by atoms with Crippen LogP contribution < -0.4 is 0 Å². The molecule has 2 rings (SSSR count). The maximum atomic E-state index is 12.0. The van der Waals surface area contributed by atoms with Crippen LogP contribution in [0, 0.1) is 5.41 Å². The van der Waals surface area contributed by atoms with Crippen LogP contribution >= 0.6 is 23.2 Å². The van der Waals surface area contributed by atoms with Crippen molar-refractivity contribution < 1.29 is 9.53 Å². The molecule has 0 unspecified atom stereocenters. The average molecular weight is 238 g/mol. The second kappa shape index (κ2) is 3.26. The van der Waals surface area contributed by atoms with Gasteiger partial charge < -0.3 is 9.64 Å². The maximum absolute atomic E-state index is 12.0. The van der Waals surface area contributed by atoms with Crippen LogP contribution in [0.15, 0.2) is 0 Å². The fraction of sp³-hybridized carbons (Fsp3) is 0.889. The average Bonchev–Trinajstić information content (AvgIpc) is 2.68. The Balaban J connectivity index is 2.02. The van der Waals surface area contributed by atoms with Gasteiger partial charge in [-0.3, -0.25) is 4.79 Å². The fourth-order valence-corrected chi connectivity index (χ4v) is 2.44. The molecule has 0 radical (unpaired) electrons. The Bertz CT molecular complexity index is 264. The predicted octanol–water partition coefficient (Wildman–Crippen LogP) is 1.43. The summed E-state index contributed by atoms with van der Waals surface area (Å²) >= 11 is 11.9. The van der Waals surface area contributed by atoms with E-state index in [2.05, 4.69) is 0 Å². The highest BCUT2D eigenvalue weighted by Crippen LogP contribution is 2.64. The van der Waals surface area contributed by atoms with Gasteiger partial charge in [0.2, 0.25) is 5.91 Å². The molecular formula is C9H13Cl2NO2. The number of ether oxygens (including phenoxy) is 1. The van der Waals surface area contributed by atoms with Crippen molar-refractivity contribution in [2.45, 2.75) is 17.7 Å². The summed E-state index contributed by atoms with van der Waals surface area (Å²) in [5.74, 6) is 0.0609. The molecule has 0 aromatic rings. The summed E-state index contributed by atoms with van der Waals surface area (Å²) in [6.07, 6.45) is 0.555. The molecule has 1 aliphatic carbocycles. The summed E-state index contributed by atoms with van der Waals surface area (Å²) in [6.45, 7) is 4.35. The Hall–Kier alpha value is 0.01000. The van der Waals surface area contributed by atoms with E-state index >= 15 is 0 Å². The molecule has 1 saturated carbocycles. The van der Waals surface area contributed by atoms with Gasteiger partial charge in [-0.1, -0.05) is 0 Å². The van der Waals surface area contributed by atoms with Gasteiger partial charge in [-0.05, 0) is 13.3 Å². The van der Waals surface area contributed by atoms with Crippen molar-refractivity contribution in [2.75, 3.05) is 26.3 Å². The molecule has 2 fully saturated rings. The van der Waals surface area contributed by atoms with E-state index in [1.54, 1.807) is 4.90 Å². The highest BCUT2D eigenvalue weighted by Gasteiger charge is 2.68. The van der Waals surface area contributed by atoms with Gasteiger partial charge in [0.15, 0.2) is 0 Å². The van der Waals surface area contributed by atoms with E-state index in [1.807, 2.05) is 6.92 Å². The van der Waals surface area contributed by atoms with E-state index in [4.69, 9.17) is 27.9 Å². The van der Waals surface area contributed by atoms with Crippen molar-refractivity contribution in [1.29, 1.82) is 0 Å². The van der Waals surface area contributed by atoms with Crippen molar-refractivity contribution in [3.05, 3.63) is 0 Å². The summed E-state index contributed by atoms with van der Waals surface area (Å²) < 4.78 is 4.32.